The van der Waals surface area contributed by atoms with Crippen LogP contribution in [0, 0.1) is 0 Å². The van der Waals surface area contributed by atoms with Gasteiger partial charge in [0, 0.05) is 43.1 Å². The van der Waals surface area contributed by atoms with Crippen LogP contribution in [0.1, 0.15) is 56.1 Å². The van der Waals surface area contributed by atoms with E-state index in [9.17, 15) is 18.0 Å². The van der Waals surface area contributed by atoms with E-state index in [2.05, 4.69) is 5.32 Å². The number of nitrogens with zero attached hydrogens (tertiary/aromatic N) is 2. The lowest BCUT2D eigenvalue weighted by molar-refractivity contribution is -0.141. The minimum absolute atomic E-state index is 0.0441. The van der Waals surface area contributed by atoms with Gasteiger partial charge in [0.25, 0.3) is 0 Å². The number of anilines is 1. The molecule has 0 radical (unpaired) electrons. The van der Waals surface area contributed by atoms with Gasteiger partial charge in [0.1, 0.15) is 11.8 Å². The average molecular weight is 640 g/mol. The smallest absolute Gasteiger partial charge is 0.243 e. The van der Waals surface area contributed by atoms with Crippen LogP contribution in [0.3, 0.4) is 0 Å². The summed E-state index contributed by atoms with van der Waals surface area (Å²) >= 11 is 6.54. The third-order valence-electron chi connectivity index (χ3n) is 8.01. The Morgan fingerprint density at radius 3 is 2.36 bits per heavy atom. The highest BCUT2D eigenvalue weighted by Gasteiger charge is 2.32. The molecule has 1 aliphatic carbocycles. The zero-order chi connectivity index (χ0) is 31.5. The van der Waals surface area contributed by atoms with Crippen LogP contribution in [0.15, 0.2) is 78.9 Å². The minimum Gasteiger partial charge on any atom is -0.497 e. The van der Waals surface area contributed by atoms with Crippen molar-refractivity contribution < 1.29 is 22.7 Å². The van der Waals surface area contributed by atoms with Crippen molar-refractivity contribution in [1.29, 1.82) is 0 Å². The predicted molar refractivity (Wildman–Crippen MR) is 175 cm³/mol. The predicted octanol–water partition coefficient (Wildman–Crippen LogP) is 5.98. The first-order valence-corrected chi connectivity index (χ1v) is 17.4. The molecule has 0 unspecified atom stereocenters. The summed E-state index contributed by atoms with van der Waals surface area (Å²) in [4.78, 5) is 29.6. The van der Waals surface area contributed by atoms with Gasteiger partial charge in [-0.3, -0.25) is 13.9 Å². The maximum absolute atomic E-state index is 14.1. The van der Waals surface area contributed by atoms with Crippen molar-refractivity contribution in [2.45, 2.75) is 70.0 Å². The van der Waals surface area contributed by atoms with E-state index in [4.69, 9.17) is 16.3 Å². The third-order valence-corrected chi connectivity index (χ3v) is 9.58. The summed E-state index contributed by atoms with van der Waals surface area (Å²) in [7, 11) is -2.11. The van der Waals surface area contributed by atoms with E-state index in [1.165, 1.54) is 11.4 Å². The van der Waals surface area contributed by atoms with Crippen molar-refractivity contribution in [2.24, 2.45) is 0 Å². The Morgan fingerprint density at radius 1 is 0.977 bits per heavy atom. The molecular weight excluding hydrogens is 598 g/mol. The minimum atomic E-state index is -3.63. The van der Waals surface area contributed by atoms with Crippen LogP contribution in [-0.4, -0.2) is 57.1 Å². The van der Waals surface area contributed by atoms with Gasteiger partial charge in [0.05, 0.1) is 19.1 Å². The maximum atomic E-state index is 14.1. The van der Waals surface area contributed by atoms with E-state index in [1.807, 2.05) is 48.5 Å². The fraction of sp³-hybridized carbons (Fsp3) is 0.412. The van der Waals surface area contributed by atoms with Crippen molar-refractivity contribution in [3.05, 3.63) is 95.0 Å². The number of halogens is 1. The molecule has 44 heavy (non-hydrogen) atoms. The molecular formula is C34H42ClN3O5S. The number of ether oxygens (including phenoxy) is 1. The van der Waals surface area contributed by atoms with Gasteiger partial charge in [-0.2, -0.15) is 0 Å². The lowest BCUT2D eigenvalue weighted by atomic mass is 9.94. The topological polar surface area (TPSA) is 96.0 Å². The molecule has 0 aliphatic heterocycles. The van der Waals surface area contributed by atoms with Crippen molar-refractivity contribution >= 4 is 39.1 Å². The Balaban J connectivity index is 1.59. The number of methoxy groups -OCH3 is 1. The number of rotatable bonds is 14. The molecule has 1 atom stereocenters. The van der Waals surface area contributed by atoms with Crippen LogP contribution in [0.2, 0.25) is 5.02 Å². The second-order valence-corrected chi connectivity index (χ2v) is 13.6. The zero-order valence-electron chi connectivity index (χ0n) is 25.5. The molecule has 0 saturated heterocycles. The van der Waals surface area contributed by atoms with E-state index < -0.39 is 16.1 Å². The molecule has 0 heterocycles. The van der Waals surface area contributed by atoms with Crippen LogP contribution in [0.25, 0.3) is 0 Å². The molecule has 3 aromatic carbocycles. The summed E-state index contributed by atoms with van der Waals surface area (Å²) in [5.74, 6) is 0.102. The molecule has 1 saturated carbocycles. The van der Waals surface area contributed by atoms with Gasteiger partial charge in [-0.05, 0) is 48.6 Å². The van der Waals surface area contributed by atoms with Crippen molar-refractivity contribution in [3.63, 3.8) is 0 Å². The molecule has 236 valence electrons. The quantitative estimate of drug-likeness (QED) is 0.234. The highest BCUT2D eigenvalue weighted by atomic mass is 35.5. The summed E-state index contributed by atoms with van der Waals surface area (Å²) in [5, 5.41) is 3.75. The van der Waals surface area contributed by atoms with Gasteiger partial charge in [0.2, 0.25) is 21.8 Å². The van der Waals surface area contributed by atoms with Gasteiger partial charge in [-0.15, -0.1) is 0 Å². The third kappa shape index (κ3) is 9.47. The molecule has 0 aromatic heterocycles. The van der Waals surface area contributed by atoms with Crippen molar-refractivity contribution in [1.82, 2.24) is 10.2 Å². The second-order valence-electron chi connectivity index (χ2n) is 11.3. The summed E-state index contributed by atoms with van der Waals surface area (Å²) in [6.45, 7) is 0.245. The van der Waals surface area contributed by atoms with Gasteiger partial charge in [-0.25, -0.2) is 8.42 Å². The van der Waals surface area contributed by atoms with Gasteiger partial charge in [-0.1, -0.05) is 85.5 Å². The molecule has 0 bridgehead atoms. The Kier molecular flexibility index (Phi) is 12.1. The zero-order valence-corrected chi connectivity index (χ0v) is 27.0. The summed E-state index contributed by atoms with van der Waals surface area (Å²) in [5.41, 5.74) is 2.13. The second kappa shape index (κ2) is 16.0. The van der Waals surface area contributed by atoms with Gasteiger partial charge >= 0.3 is 0 Å². The van der Waals surface area contributed by atoms with Crippen LogP contribution in [0.4, 0.5) is 5.69 Å². The normalized spacial score (nSPS) is 14.4. The monoisotopic (exact) mass is 639 g/mol. The van der Waals surface area contributed by atoms with Crippen LogP contribution < -0.4 is 14.4 Å². The van der Waals surface area contributed by atoms with E-state index >= 15 is 0 Å². The molecule has 0 spiro atoms. The van der Waals surface area contributed by atoms with Crippen LogP contribution in [0.5, 0.6) is 5.75 Å². The summed E-state index contributed by atoms with van der Waals surface area (Å²) in [6, 6.07) is 23.1. The Bertz CT molecular complexity index is 1500. The molecule has 1 fully saturated rings. The van der Waals surface area contributed by atoms with Gasteiger partial charge in [0.15, 0.2) is 0 Å². The number of carbonyl (C=O) groups excluding carboxylic acids is 2. The van der Waals surface area contributed by atoms with Crippen molar-refractivity contribution in [2.75, 3.05) is 24.2 Å². The first kappa shape index (κ1) is 33.3. The van der Waals surface area contributed by atoms with Crippen LogP contribution >= 0.6 is 11.6 Å². The van der Waals surface area contributed by atoms with E-state index in [0.29, 0.717) is 22.9 Å². The highest BCUT2D eigenvalue weighted by molar-refractivity contribution is 7.92. The number of benzene rings is 3. The number of amides is 2. The first-order chi connectivity index (χ1) is 21.2. The molecule has 10 heteroatoms. The number of hydrogen-bond acceptors (Lipinski definition) is 5. The largest absolute Gasteiger partial charge is 0.497 e. The van der Waals surface area contributed by atoms with Crippen LogP contribution in [-0.2, 0) is 32.6 Å². The molecule has 3 aromatic rings. The average Bonchev–Trinajstić information content (AvgIpc) is 3.02. The van der Waals surface area contributed by atoms with E-state index in [1.54, 1.807) is 35.2 Å². The maximum Gasteiger partial charge on any atom is 0.243 e. The van der Waals surface area contributed by atoms with Gasteiger partial charge < -0.3 is 15.0 Å². The molecule has 1 N–H and O–H groups in total. The van der Waals surface area contributed by atoms with Crippen molar-refractivity contribution in [3.8, 4) is 5.75 Å². The highest BCUT2D eigenvalue weighted by Crippen LogP contribution is 2.25. The number of carbonyl (C=O) groups is 2. The Labute approximate surface area is 266 Å². The number of hydrogen-bond donors (Lipinski definition) is 1. The number of sulfonamides is 1. The fourth-order valence-electron chi connectivity index (χ4n) is 5.68. The molecule has 2 amide bonds. The van der Waals surface area contributed by atoms with E-state index in [-0.39, 0.29) is 43.8 Å². The SMILES string of the molecule is COc1cccc(N(CCCC(=O)N(Cc2ccccc2Cl)[C@@H](Cc2ccccc2)C(=O)NC2CCCCC2)S(C)(=O)=O)c1. The van der Waals surface area contributed by atoms with E-state index in [0.717, 1.165) is 49.5 Å². The molecule has 8 nitrogen and oxygen atoms in total. The standard InChI is InChI=1S/C34H42ClN3O5S/c1-43-30-19-11-18-29(24-30)38(44(2,41)42)22-12-21-33(39)37(25-27-15-9-10-20-31(27)35)32(23-26-13-5-3-6-14-26)34(40)36-28-16-7-4-8-17-28/h3,5-6,9-11,13-15,18-20,24,28,32H,4,7-8,12,16-17,21-23,25H2,1-2H3,(H,36,40)/t32-/m0/s1. The molecule has 1 aliphatic rings. The number of nitrogens with one attached hydrogen (secondary N) is 1. The Morgan fingerprint density at radius 2 is 1.68 bits per heavy atom. The fourth-order valence-corrected chi connectivity index (χ4v) is 6.83. The Hall–Kier alpha value is -3.56. The first-order valence-electron chi connectivity index (χ1n) is 15.1. The summed E-state index contributed by atoms with van der Waals surface area (Å²) < 4.78 is 32.0. The molecule has 4 rings (SSSR count). The summed E-state index contributed by atoms with van der Waals surface area (Å²) in [6.07, 6.45) is 6.94. The lowest BCUT2D eigenvalue weighted by Gasteiger charge is -2.34. The lowest BCUT2D eigenvalue weighted by Crippen LogP contribution is -2.53.